The van der Waals surface area contributed by atoms with E-state index in [1.165, 1.54) is 30.3 Å². The Morgan fingerprint density at radius 1 is 0.460 bits per heavy atom. The molecule has 9 rings (SSSR count). The lowest BCUT2D eigenvalue weighted by atomic mass is 9.93. The van der Waals surface area contributed by atoms with Gasteiger partial charge in [-0.05, 0) is 76.7 Å². The van der Waals surface area contributed by atoms with Gasteiger partial charge in [0, 0.05) is 36.1 Å². The molecule has 0 saturated heterocycles. The minimum absolute atomic E-state index is 0.143. The number of rotatable bonds is 11. The normalized spacial score (nSPS) is 17.4. The lowest BCUT2D eigenvalue weighted by Gasteiger charge is -2.32. The highest BCUT2D eigenvalue weighted by Crippen LogP contribution is 2.44. The molecule has 0 aromatic heterocycles. The first-order valence-electron chi connectivity index (χ1n) is 20.6. The van der Waals surface area contributed by atoms with Crippen LogP contribution in [0.5, 0.6) is 51.7 Å². The Morgan fingerprint density at radius 3 is 1.52 bits per heavy atom. The van der Waals surface area contributed by atoms with Crippen LogP contribution in [0.2, 0.25) is 0 Å². The molecule has 4 unspecified atom stereocenters. The molecule has 7 aromatic rings. The quantitative estimate of drug-likeness (QED) is 0.0687. The second-order valence-corrected chi connectivity index (χ2v) is 15.6. The van der Waals surface area contributed by atoms with Crippen LogP contribution in [0.4, 0.5) is 0 Å². The lowest BCUT2D eigenvalue weighted by Crippen LogP contribution is -2.30. The highest BCUT2D eigenvalue weighted by Gasteiger charge is 2.34. The monoisotopic (exact) mass is 848 g/mol. The van der Waals surface area contributed by atoms with Crippen LogP contribution in [0.25, 0.3) is 0 Å². The number of hydrogen-bond donors (Lipinski definition) is 6. The van der Waals surface area contributed by atoms with Gasteiger partial charge in [-0.2, -0.15) is 0 Å². The Kier molecular flexibility index (Phi) is 12.9. The van der Waals surface area contributed by atoms with Crippen molar-refractivity contribution in [1.29, 1.82) is 0 Å². The molecule has 0 spiro atoms. The van der Waals surface area contributed by atoms with Crippen molar-refractivity contribution in [2.45, 2.75) is 64.0 Å². The fourth-order valence-corrected chi connectivity index (χ4v) is 7.61. The topological polar surface area (TPSA) is 168 Å². The molecular formula is C52H48O11. The number of ether oxygens (including phenoxy) is 5. The van der Waals surface area contributed by atoms with Crippen molar-refractivity contribution in [3.63, 3.8) is 0 Å². The average molecular weight is 849 g/mol. The predicted molar refractivity (Wildman–Crippen MR) is 236 cm³/mol. The molecule has 0 aliphatic carbocycles. The van der Waals surface area contributed by atoms with Crippen LogP contribution in [0.15, 0.2) is 152 Å². The van der Waals surface area contributed by atoms with E-state index >= 15 is 0 Å². The van der Waals surface area contributed by atoms with Crippen LogP contribution in [0.1, 0.15) is 56.7 Å². The first-order chi connectivity index (χ1) is 30.6. The zero-order valence-corrected chi connectivity index (χ0v) is 34.5. The molecule has 2 aliphatic heterocycles. The van der Waals surface area contributed by atoms with Gasteiger partial charge in [0.05, 0.1) is 12.2 Å². The zero-order valence-electron chi connectivity index (χ0n) is 34.5. The van der Waals surface area contributed by atoms with Gasteiger partial charge in [-0.25, -0.2) is 0 Å². The summed E-state index contributed by atoms with van der Waals surface area (Å²) in [4.78, 5) is 0. The highest BCUT2D eigenvalue weighted by atomic mass is 16.5. The van der Waals surface area contributed by atoms with Gasteiger partial charge in [0.1, 0.15) is 60.8 Å². The second-order valence-electron chi connectivity index (χ2n) is 15.6. The van der Waals surface area contributed by atoms with Gasteiger partial charge >= 0.3 is 0 Å². The summed E-state index contributed by atoms with van der Waals surface area (Å²) in [7, 11) is 0. The van der Waals surface area contributed by atoms with Crippen molar-refractivity contribution in [3.8, 4) is 51.7 Å². The minimum Gasteiger partial charge on any atom is -0.508 e. The Hall–Kier alpha value is -7.34. The van der Waals surface area contributed by atoms with E-state index in [4.69, 9.17) is 23.7 Å². The van der Waals surface area contributed by atoms with Crippen molar-refractivity contribution in [1.82, 2.24) is 0 Å². The van der Waals surface area contributed by atoms with Crippen molar-refractivity contribution >= 4 is 0 Å². The summed E-state index contributed by atoms with van der Waals surface area (Å²) in [6.07, 6.45) is -2.48. The molecule has 0 bridgehead atoms. The number of aliphatic hydroxyl groups excluding tert-OH is 2. The van der Waals surface area contributed by atoms with Crippen molar-refractivity contribution < 1.29 is 54.3 Å². The standard InChI is InChI=1S/C37H34O5.C15H14O6/c1-26-19-34(40-24-28-13-7-3-8-14-28)31-22-32(38)37(42-35(31)20-26)30-17-18-33(39-23-27-11-5-2-6-12-27)36(21-30)41-25-29-15-9-4-10-16-29;16-8-4-11(18)9-6-13(20)15(21-14(9)5-8)7-1-2-10(17)12(19)3-7/h2-21,32,37-38H,22-25H2,1H3;1-5,13,15-20H,6H2. The molecule has 63 heavy (non-hydrogen) atoms. The van der Waals surface area contributed by atoms with E-state index in [1.54, 1.807) is 0 Å². The van der Waals surface area contributed by atoms with E-state index in [9.17, 15) is 30.6 Å². The first-order valence-corrected chi connectivity index (χ1v) is 20.6. The fourth-order valence-electron chi connectivity index (χ4n) is 7.61. The number of benzene rings is 7. The van der Waals surface area contributed by atoms with Gasteiger partial charge < -0.3 is 54.3 Å². The number of aromatic hydroxyl groups is 4. The summed E-state index contributed by atoms with van der Waals surface area (Å²) in [6.45, 7) is 3.28. The molecule has 4 atom stereocenters. The maximum absolute atomic E-state index is 11.3. The van der Waals surface area contributed by atoms with Crippen LogP contribution < -0.4 is 23.7 Å². The lowest BCUT2D eigenvalue weighted by molar-refractivity contribution is 0.0194. The summed E-state index contributed by atoms with van der Waals surface area (Å²) in [5.41, 5.74) is 6.83. The van der Waals surface area contributed by atoms with Crippen LogP contribution in [-0.4, -0.2) is 42.8 Å². The Bertz CT molecular complexity index is 2640. The maximum Gasteiger partial charge on any atom is 0.162 e. The van der Waals surface area contributed by atoms with Gasteiger partial charge in [0.25, 0.3) is 0 Å². The number of fused-ring (bicyclic) bond motifs is 2. The molecule has 7 aromatic carbocycles. The molecule has 322 valence electrons. The van der Waals surface area contributed by atoms with Crippen LogP contribution in [-0.2, 0) is 32.7 Å². The van der Waals surface area contributed by atoms with Crippen LogP contribution in [0.3, 0.4) is 0 Å². The molecule has 0 amide bonds. The van der Waals surface area contributed by atoms with Gasteiger partial charge in [-0.1, -0.05) is 103 Å². The molecule has 0 radical (unpaired) electrons. The van der Waals surface area contributed by atoms with Crippen molar-refractivity contribution in [2.24, 2.45) is 0 Å². The summed E-state index contributed by atoms with van der Waals surface area (Å²) in [6, 6.07) is 46.6. The average Bonchev–Trinajstić information content (AvgIpc) is 3.29. The molecule has 2 heterocycles. The van der Waals surface area contributed by atoms with Gasteiger partial charge in [-0.3, -0.25) is 0 Å². The van der Waals surface area contributed by atoms with Crippen molar-refractivity contribution in [2.75, 3.05) is 0 Å². The third-order valence-corrected chi connectivity index (χ3v) is 10.9. The predicted octanol–water partition coefficient (Wildman–Crippen LogP) is 9.32. The smallest absolute Gasteiger partial charge is 0.162 e. The SMILES string of the molecule is Cc1cc(OCc2ccccc2)c2c(c1)OC(c1ccc(OCc3ccccc3)c(OCc3ccccc3)c1)C(O)C2.Oc1cc(O)c2c(c1)OC(c1ccc(O)c(O)c1)C(O)C2. The number of phenolic OH excluding ortho intramolecular Hbond substituents is 4. The third-order valence-electron chi connectivity index (χ3n) is 10.9. The second kappa shape index (κ2) is 19.1. The Morgan fingerprint density at radius 2 is 0.952 bits per heavy atom. The number of aliphatic hydroxyl groups is 2. The molecule has 0 saturated carbocycles. The summed E-state index contributed by atoms with van der Waals surface area (Å²) in [5, 5.41) is 59.6. The number of hydrogen-bond acceptors (Lipinski definition) is 11. The van der Waals surface area contributed by atoms with E-state index in [-0.39, 0.29) is 35.2 Å². The number of phenols is 4. The molecule has 11 nitrogen and oxygen atoms in total. The Balaban J connectivity index is 0.000000217. The maximum atomic E-state index is 11.3. The molecule has 6 N–H and O–H groups in total. The van der Waals surface area contributed by atoms with E-state index in [0.29, 0.717) is 48.9 Å². The van der Waals surface area contributed by atoms with Crippen LogP contribution in [0, 0.1) is 6.92 Å². The van der Waals surface area contributed by atoms with E-state index in [1.807, 2.05) is 128 Å². The van der Waals surface area contributed by atoms with E-state index in [0.717, 1.165) is 44.9 Å². The molecule has 0 fully saturated rings. The summed E-state index contributed by atoms with van der Waals surface area (Å²) in [5.74, 6) is 2.11. The molecule has 11 heteroatoms. The van der Waals surface area contributed by atoms with E-state index in [2.05, 4.69) is 0 Å². The number of aryl methyl sites for hydroxylation is 1. The van der Waals surface area contributed by atoms with Gasteiger partial charge in [0.2, 0.25) is 0 Å². The largest absolute Gasteiger partial charge is 0.508 e. The fraction of sp³-hybridized carbons (Fsp3) is 0.192. The molecular weight excluding hydrogens is 801 g/mol. The third kappa shape index (κ3) is 10.2. The minimum atomic E-state index is -0.933. The highest BCUT2D eigenvalue weighted by molar-refractivity contribution is 5.53. The van der Waals surface area contributed by atoms with Crippen molar-refractivity contribution in [3.05, 3.63) is 196 Å². The first kappa shape index (κ1) is 42.4. The van der Waals surface area contributed by atoms with Crippen LogP contribution >= 0.6 is 0 Å². The Labute approximate surface area is 365 Å². The van der Waals surface area contributed by atoms with Gasteiger partial charge in [0.15, 0.2) is 23.0 Å². The van der Waals surface area contributed by atoms with Gasteiger partial charge in [-0.15, -0.1) is 0 Å². The zero-order chi connectivity index (χ0) is 43.9. The molecule has 2 aliphatic rings. The summed E-state index contributed by atoms with van der Waals surface area (Å²) < 4.78 is 30.8. The summed E-state index contributed by atoms with van der Waals surface area (Å²) >= 11 is 0. The van der Waals surface area contributed by atoms with E-state index < -0.39 is 24.4 Å².